The van der Waals surface area contributed by atoms with Gasteiger partial charge in [-0.2, -0.15) is 0 Å². The van der Waals surface area contributed by atoms with E-state index in [2.05, 4.69) is 36.4 Å². The van der Waals surface area contributed by atoms with E-state index in [1.165, 1.54) is 31.2 Å². The third-order valence-corrected chi connectivity index (χ3v) is 3.62. The Balaban J connectivity index is 2.00. The van der Waals surface area contributed by atoms with Gasteiger partial charge < -0.3 is 5.32 Å². The molecular formula is C13H20N2. The fourth-order valence-electron chi connectivity index (χ4n) is 2.72. The van der Waals surface area contributed by atoms with Crippen molar-refractivity contribution >= 4 is 0 Å². The molecule has 15 heavy (non-hydrogen) atoms. The van der Waals surface area contributed by atoms with Crippen LogP contribution >= 0.6 is 0 Å². The van der Waals surface area contributed by atoms with E-state index in [0.717, 1.165) is 6.04 Å². The van der Waals surface area contributed by atoms with Crippen molar-refractivity contribution in [3.8, 4) is 0 Å². The molecule has 1 aliphatic rings. The highest BCUT2D eigenvalue weighted by Gasteiger charge is 2.34. The fourth-order valence-corrected chi connectivity index (χ4v) is 2.72. The molecule has 82 valence electrons. The van der Waals surface area contributed by atoms with Gasteiger partial charge in [-0.05, 0) is 55.8 Å². The van der Waals surface area contributed by atoms with Crippen molar-refractivity contribution in [1.82, 2.24) is 10.3 Å². The maximum atomic E-state index is 4.06. The van der Waals surface area contributed by atoms with Crippen LogP contribution in [0.15, 0.2) is 24.5 Å². The fraction of sp³-hybridized carbons (Fsp3) is 0.615. The Morgan fingerprint density at radius 3 is 2.80 bits per heavy atom. The predicted octanol–water partition coefficient (Wildman–Crippen LogP) is 2.40. The average Bonchev–Trinajstić information content (AvgIpc) is 2.61. The summed E-state index contributed by atoms with van der Waals surface area (Å²) in [6, 6.07) is 4.99. The van der Waals surface area contributed by atoms with Gasteiger partial charge in [0.25, 0.3) is 0 Å². The Labute approximate surface area is 92.1 Å². The SMILES string of the molecule is CNC1CCC(C)(Cc2ccncc2)C1. The van der Waals surface area contributed by atoms with Crippen molar-refractivity contribution in [2.75, 3.05) is 7.05 Å². The minimum atomic E-state index is 0.481. The van der Waals surface area contributed by atoms with Crippen LogP contribution in [0, 0.1) is 5.41 Å². The minimum Gasteiger partial charge on any atom is -0.317 e. The lowest BCUT2D eigenvalue weighted by molar-refractivity contribution is 0.324. The standard InChI is InChI=1S/C13H20N2/c1-13(6-3-12(10-13)14-2)9-11-4-7-15-8-5-11/h4-5,7-8,12,14H,3,6,9-10H2,1-2H3. The van der Waals surface area contributed by atoms with Crippen molar-refractivity contribution < 1.29 is 0 Å². The lowest BCUT2D eigenvalue weighted by Gasteiger charge is -2.24. The first-order chi connectivity index (χ1) is 7.22. The second kappa shape index (κ2) is 4.31. The molecule has 0 amide bonds. The zero-order valence-electron chi connectivity index (χ0n) is 9.66. The summed E-state index contributed by atoms with van der Waals surface area (Å²) in [7, 11) is 2.07. The van der Waals surface area contributed by atoms with Gasteiger partial charge in [-0.1, -0.05) is 6.92 Å². The van der Waals surface area contributed by atoms with Gasteiger partial charge in [0.2, 0.25) is 0 Å². The van der Waals surface area contributed by atoms with Crippen LogP contribution in [-0.2, 0) is 6.42 Å². The Morgan fingerprint density at radius 2 is 2.20 bits per heavy atom. The van der Waals surface area contributed by atoms with Gasteiger partial charge in [0.1, 0.15) is 0 Å². The molecule has 1 fully saturated rings. The second-order valence-corrected chi connectivity index (χ2v) is 5.07. The normalized spacial score (nSPS) is 30.7. The van der Waals surface area contributed by atoms with E-state index < -0.39 is 0 Å². The second-order valence-electron chi connectivity index (χ2n) is 5.07. The highest BCUT2D eigenvalue weighted by molar-refractivity contribution is 5.13. The van der Waals surface area contributed by atoms with Crippen LogP contribution in [0.5, 0.6) is 0 Å². The van der Waals surface area contributed by atoms with Crippen LogP contribution in [0.1, 0.15) is 31.7 Å². The third kappa shape index (κ3) is 2.57. The third-order valence-electron chi connectivity index (χ3n) is 3.62. The monoisotopic (exact) mass is 204 g/mol. The molecule has 0 spiro atoms. The number of hydrogen-bond donors (Lipinski definition) is 1. The predicted molar refractivity (Wildman–Crippen MR) is 62.7 cm³/mol. The van der Waals surface area contributed by atoms with Gasteiger partial charge in [0.15, 0.2) is 0 Å². The molecule has 0 bridgehead atoms. The lowest BCUT2D eigenvalue weighted by Crippen LogP contribution is -2.24. The Hall–Kier alpha value is -0.890. The van der Waals surface area contributed by atoms with Crippen LogP contribution < -0.4 is 5.32 Å². The topological polar surface area (TPSA) is 24.9 Å². The van der Waals surface area contributed by atoms with E-state index in [9.17, 15) is 0 Å². The van der Waals surface area contributed by atoms with Crippen LogP contribution in [0.25, 0.3) is 0 Å². The highest BCUT2D eigenvalue weighted by atomic mass is 14.9. The number of pyridine rings is 1. The number of nitrogens with zero attached hydrogens (tertiary/aromatic N) is 1. The van der Waals surface area contributed by atoms with Crippen LogP contribution in [0.4, 0.5) is 0 Å². The largest absolute Gasteiger partial charge is 0.317 e. The first-order valence-corrected chi connectivity index (χ1v) is 5.78. The molecule has 0 radical (unpaired) electrons. The number of hydrogen-bond acceptors (Lipinski definition) is 2. The summed E-state index contributed by atoms with van der Waals surface area (Å²) in [5.74, 6) is 0. The zero-order chi connectivity index (χ0) is 10.7. The molecule has 1 heterocycles. The van der Waals surface area contributed by atoms with Crippen molar-refractivity contribution in [2.24, 2.45) is 5.41 Å². The van der Waals surface area contributed by atoms with Gasteiger partial charge in [-0.3, -0.25) is 4.98 Å². The minimum absolute atomic E-state index is 0.481. The van der Waals surface area contributed by atoms with E-state index in [4.69, 9.17) is 0 Å². The van der Waals surface area contributed by atoms with E-state index in [1.54, 1.807) is 0 Å². The van der Waals surface area contributed by atoms with Crippen molar-refractivity contribution in [3.63, 3.8) is 0 Å². The molecule has 1 aromatic rings. The lowest BCUT2D eigenvalue weighted by atomic mass is 9.82. The Morgan fingerprint density at radius 1 is 1.47 bits per heavy atom. The van der Waals surface area contributed by atoms with Crippen LogP contribution in [-0.4, -0.2) is 18.1 Å². The first-order valence-electron chi connectivity index (χ1n) is 5.78. The molecule has 2 rings (SSSR count). The maximum absolute atomic E-state index is 4.06. The molecule has 2 unspecified atom stereocenters. The molecule has 2 heteroatoms. The van der Waals surface area contributed by atoms with Crippen molar-refractivity contribution in [2.45, 2.75) is 38.6 Å². The van der Waals surface area contributed by atoms with E-state index in [0.29, 0.717) is 5.41 Å². The molecule has 2 nitrogen and oxygen atoms in total. The molecule has 0 aromatic carbocycles. The number of rotatable bonds is 3. The summed E-state index contributed by atoms with van der Waals surface area (Å²) in [6.45, 7) is 2.41. The van der Waals surface area contributed by atoms with Gasteiger partial charge in [-0.25, -0.2) is 0 Å². The smallest absolute Gasteiger partial charge is 0.0270 e. The van der Waals surface area contributed by atoms with Crippen LogP contribution in [0.3, 0.4) is 0 Å². The quantitative estimate of drug-likeness (QED) is 0.818. The van der Waals surface area contributed by atoms with E-state index in [-0.39, 0.29) is 0 Å². The van der Waals surface area contributed by atoms with Gasteiger partial charge in [0, 0.05) is 18.4 Å². The zero-order valence-corrected chi connectivity index (χ0v) is 9.66. The van der Waals surface area contributed by atoms with Gasteiger partial charge in [0.05, 0.1) is 0 Å². The number of nitrogens with one attached hydrogen (secondary N) is 1. The molecule has 0 saturated heterocycles. The molecule has 1 aromatic heterocycles. The van der Waals surface area contributed by atoms with Crippen molar-refractivity contribution in [3.05, 3.63) is 30.1 Å². The maximum Gasteiger partial charge on any atom is 0.0270 e. The first kappa shape index (κ1) is 10.6. The van der Waals surface area contributed by atoms with Gasteiger partial charge >= 0.3 is 0 Å². The van der Waals surface area contributed by atoms with Gasteiger partial charge in [-0.15, -0.1) is 0 Å². The summed E-state index contributed by atoms with van der Waals surface area (Å²) in [6.07, 6.45) is 8.92. The summed E-state index contributed by atoms with van der Waals surface area (Å²) in [5, 5.41) is 3.39. The average molecular weight is 204 g/mol. The molecule has 1 saturated carbocycles. The van der Waals surface area contributed by atoms with Crippen molar-refractivity contribution in [1.29, 1.82) is 0 Å². The highest BCUT2D eigenvalue weighted by Crippen LogP contribution is 2.40. The summed E-state index contributed by atoms with van der Waals surface area (Å²) < 4.78 is 0. The summed E-state index contributed by atoms with van der Waals surface area (Å²) in [5.41, 5.74) is 1.90. The molecule has 1 N–H and O–H groups in total. The summed E-state index contributed by atoms with van der Waals surface area (Å²) in [4.78, 5) is 4.06. The Kier molecular flexibility index (Phi) is 3.06. The molecule has 1 aliphatic carbocycles. The summed E-state index contributed by atoms with van der Waals surface area (Å²) >= 11 is 0. The van der Waals surface area contributed by atoms with Crippen LogP contribution in [0.2, 0.25) is 0 Å². The molecule has 0 aliphatic heterocycles. The van der Waals surface area contributed by atoms with E-state index in [1.807, 2.05) is 12.4 Å². The molecular weight excluding hydrogens is 184 g/mol. The Bertz CT molecular complexity index is 310. The van der Waals surface area contributed by atoms with E-state index >= 15 is 0 Å². The molecule has 2 atom stereocenters. The number of aromatic nitrogens is 1.